The smallest absolute Gasteiger partial charge is 0.258 e. The van der Waals surface area contributed by atoms with E-state index in [1.165, 1.54) is 6.07 Å². The third-order valence-electron chi connectivity index (χ3n) is 3.62. The summed E-state index contributed by atoms with van der Waals surface area (Å²) in [5.74, 6) is -0.781. The molecule has 1 aromatic rings. The van der Waals surface area contributed by atoms with Crippen molar-refractivity contribution in [1.29, 1.82) is 0 Å². The Morgan fingerprint density at radius 2 is 2.26 bits per heavy atom. The summed E-state index contributed by atoms with van der Waals surface area (Å²) in [6.45, 7) is 3.10. The normalized spacial score (nSPS) is 23.5. The van der Waals surface area contributed by atoms with E-state index in [4.69, 9.17) is 4.74 Å². The van der Waals surface area contributed by atoms with Crippen molar-refractivity contribution >= 4 is 21.8 Å². The number of likely N-dealkylation sites (tertiary alicyclic amines) is 1. The quantitative estimate of drug-likeness (QED) is 0.833. The molecule has 3 nitrogen and oxygen atoms in total. The molecule has 0 N–H and O–H groups in total. The van der Waals surface area contributed by atoms with E-state index in [1.807, 2.05) is 6.92 Å². The predicted octanol–water partition coefficient (Wildman–Crippen LogP) is 3.23. The average molecular weight is 330 g/mol. The van der Waals surface area contributed by atoms with Gasteiger partial charge in [0.25, 0.3) is 5.91 Å². The zero-order valence-electron chi connectivity index (χ0n) is 11.1. The second-order valence-electron chi connectivity index (χ2n) is 5.08. The van der Waals surface area contributed by atoms with Crippen molar-refractivity contribution in [3.05, 3.63) is 34.1 Å². The van der Waals surface area contributed by atoms with Gasteiger partial charge < -0.3 is 9.64 Å². The number of methoxy groups -OCH3 is 1. The van der Waals surface area contributed by atoms with Crippen LogP contribution in [0.15, 0.2) is 22.7 Å². The van der Waals surface area contributed by atoms with Gasteiger partial charge in [-0.1, -0.05) is 6.07 Å². The first kappa shape index (κ1) is 14.5. The highest BCUT2D eigenvalue weighted by molar-refractivity contribution is 9.10. The van der Waals surface area contributed by atoms with Crippen LogP contribution in [-0.2, 0) is 4.74 Å². The largest absolute Gasteiger partial charge is 0.377 e. The number of rotatable bonds is 2. The van der Waals surface area contributed by atoms with Crippen molar-refractivity contribution in [3.8, 4) is 0 Å². The molecule has 1 unspecified atom stereocenters. The molecule has 1 saturated heterocycles. The summed E-state index contributed by atoms with van der Waals surface area (Å²) < 4.78 is 19.8. The molecule has 1 atom stereocenters. The molecule has 0 spiro atoms. The first-order valence-electron chi connectivity index (χ1n) is 6.25. The second kappa shape index (κ2) is 5.59. The van der Waals surface area contributed by atoms with E-state index in [1.54, 1.807) is 24.1 Å². The van der Waals surface area contributed by atoms with Gasteiger partial charge in [0.15, 0.2) is 0 Å². The third-order valence-corrected chi connectivity index (χ3v) is 4.28. The summed E-state index contributed by atoms with van der Waals surface area (Å²) in [4.78, 5) is 14.1. The Labute approximate surface area is 120 Å². The van der Waals surface area contributed by atoms with Gasteiger partial charge in [0.1, 0.15) is 5.82 Å². The number of piperidine rings is 1. The number of hydrogen-bond donors (Lipinski definition) is 0. The Morgan fingerprint density at radius 3 is 2.89 bits per heavy atom. The van der Waals surface area contributed by atoms with Gasteiger partial charge in [0.2, 0.25) is 0 Å². The monoisotopic (exact) mass is 329 g/mol. The lowest BCUT2D eigenvalue weighted by Crippen LogP contribution is -2.49. The van der Waals surface area contributed by atoms with Crippen molar-refractivity contribution in [3.63, 3.8) is 0 Å². The topological polar surface area (TPSA) is 29.5 Å². The van der Waals surface area contributed by atoms with Crippen molar-refractivity contribution < 1.29 is 13.9 Å². The van der Waals surface area contributed by atoms with Gasteiger partial charge in [-0.2, -0.15) is 0 Å². The summed E-state index contributed by atoms with van der Waals surface area (Å²) in [5, 5.41) is 0. The number of nitrogens with zero attached hydrogens (tertiary/aromatic N) is 1. The molecule has 2 rings (SSSR count). The highest BCUT2D eigenvalue weighted by Gasteiger charge is 2.34. The molecule has 1 fully saturated rings. The molecular formula is C14H17BrFNO2. The molecule has 0 saturated carbocycles. The summed E-state index contributed by atoms with van der Waals surface area (Å²) in [6, 6.07) is 4.55. The summed E-state index contributed by atoms with van der Waals surface area (Å²) >= 11 is 3.24. The minimum atomic E-state index is -0.496. The van der Waals surface area contributed by atoms with Crippen LogP contribution in [0.5, 0.6) is 0 Å². The molecule has 1 amide bonds. The highest BCUT2D eigenvalue weighted by atomic mass is 79.9. The number of carbonyl (C=O) groups excluding carboxylic acids is 1. The van der Waals surface area contributed by atoms with Gasteiger partial charge in [-0.15, -0.1) is 0 Å². The van der Waals surface area contributed by atoms with Crippen LogP contribution >= 0.6 is 15.9 Å². The molecule has 1 aromatic carbocycles. The van der Waals surface area contributed by atoms with Gasteiger partial charge in [0.05, 0.1) is 11.2 Å². The molecule has 1 heterocycles. The maximum atomic E-state index is 13.8. The van der Waals surface area contributed by atoms with Gasteiger partial charge in [0, 0.05) is 24.7 Å². The summed E-state index contributed by atoms with van der Waals surface area (Å²) in [5.41, 5.74) is -0.242. The standard InChI is InChI=1S/C14H17BrFNO2/c1-14(19-2)7-4-8-17(9-14)13(18)12-10(15)5-3-6-11(12)16/h3,5-6H,4,7-9H2,1-2H3. The first-order chi connectivity index (χ1) is 8.97. The zero-order chi connectivity index (χ0) is 14.0. The van der Waals surface area contributed by atoms with Crippen molar-refractivity contribution in [2.24, 2.45) is 0 Å². The molecule has 0 radical (unpaired) electrons. The number of carbonyl (C=O) groups is 1. The van der Waals surface area contributed by atoms with Gasteiger partial charge in [-0.3, -0.25) is 4.79 Å². The van der Waals surface area contributed by atoms with Crippen molar-refractivity contribution in [1.82, 2.24) is 4.90 Å². The molecule has 1 aliphatic rings. The number of amides is 1. The third kappa shape index (κ3) is 2.98. The molecule has 5 heteroatoms. The summed E-state index contributed by atoms with van der Waals surface area (Å²) in [6.07, 6.45) is 1.77. The maximum absolute atomic E-state index is 13.8. The number of ether oxygens (including phenoxy) is 1. The molecule has 0 aliphatic carbocycles. The fourth-order valence-electron chi connectivity index (χ4n) is 2.41. The second-order valence-corrected chi connectivity index (χ2v) is 5.94. The van der Waals surface area contributed by atoms with Crippen LogP contribution in [0.25, 0.3) is 0 Å². The lowest BCUT2D eigenvalue weighted by Gasteiger charge is -2.39. The zero-order valence-corrected chi connectivity index (χ0v) is 12.7. The molecule has 0 bridgehead atoms. The van der Waals surface area contributed by atoms with Gasteiger partial charge in [-0.05, 0) is 47.8 Å². The van der Waals surface area contributed by atoms with E-state index < -0.39 is 5.82 Å². The average Bonchev–Trinajstić information content (AvgIpc) is 2.38. The number of benzene rings is 1. The Kier molecular flexibility index (Phi) is 4.26. The van der Waals surface area contributed by atoms with Gasteiger partial charge >= 0.3 is 0 Å². The van der Waals surface area contributed by atoms with Crippen LogP contribution in [0.2, 0.25) is 0 Å². The lowest BCUT2D eigenvalue weighted by atomic mass is 9.94. The fourth-order valence-corrected chi connectivity index (χ4v) is 2.92. The molecular weight excluding hydrogens is 313 g/mol. The minimum absolute atomic E-state index is 0.0999. The molecule has 104 valence electrons. The lowest BCUT2D eigenvalue weighted by molar-refractivity contribution is -0.0441. The van der Waals surface area contributed by atoms with Crippen LogP contribution in [0, 0.1) is 5.82 Å². The van der Waals surface area contributed by atoms with E-state index in [2.05, 4.69) is 15.9 Å². The van der Waals surface area contributed by atoms with Crippen LogP contribution in [-0.4, -0.2) is 36.6 Å². The van der Waals surface area contributed by atoms with E-state index in [0.717, 1.165) is 12.8 Å². The fraction of sp³-hybridized carbons (Fsp3) is 0.500. The van der Waals surface area contributed by atoms with Crippen LogP contribution in [0.3, 0.4) is 0 Å². The highest BCUT2D eigenvalue weighted by Crippen LogP contribution is 2.27. The Hall–Kier alpha value is -0.940. The molecule has 1 aliphatic heterocycles. The van der Waals surface area contributed by atoms with Crippen molar-refractivity contribution in [2.75, 3.05) is 20.2 Å². The van der Waals surface area contributed by atoms with Crippen LogP contribution < -0.4 is 0 Å². The molecule has 0 aromatic heterocycles. The summed E-state index contributed by atoms with van der Waals surface area (Å²) in [7, 11) is 1.65. The van der Waals surface area contributed by atoms with Crippen LogP contribution in [0.4, 0.5) is 4.39 Å². The Bertz CT molecular complexity index is 474. The Balaban J connectivity index is 2.25. The maximum Gasteiger partial charge on any atom is 0.258 e. The predicted molar refractivity (Wildman–Crippen MR) is 74.7 cm³/mol. The van der Waals surface area contributed by atoms with E-state index in [0.29, 0.717) is 17.6 Å². The van der Waals surface area contributed by atoms with Gasteiger partial charge in [-0.25, -0.2) is 4.39 Å². The van der Waals surface area contributed by atoms with E-state index in [-0.39, 0.29) is 17.1 Å². The van der Waals surface area contributed by atoms with E-state index >= 15 is 0 Å². The Morgan fingerprint density at radius 1 is 1.53 bits per heavy atom. The van der Waals surface area contributed by atoms with Crippen LogP contribution in [0.1, 0.15) is 30.1 Å². The van der Waals surface area contributed by atoms with Crippen molar-refractivity contribution in [2.45, 2.75) is 25.4 Å². The SMILES string of the molecule is COC1(C)CCCN(C(=O)c2c(F)cccc2Br)C1. The molecule has 19 heavy (non-hydrogen) atoms. The minimum Gasteiger partial charge on any atom is -0.377 e. The van der Waals surface area contributed by atoms with E-state index in [9.17, 15) is 9.18 Å². The number of halogens is 2. The first-order valence-corrected chi connectivity index (χ1v) is 7.04. The number of hydrogen-bond acceptors (Lipinski definition) is 2.